The Kier molecular flexibility index (Phi) is 3.56. The van der Waals surface area contributed by atoms with Crippen LogP contribution in [0.15, 0.2) is 6.07 Å². The number of aliphatic hydroxyl groups is 1. The number of carbonyl (C=O) groups excluding carboxylic acids is 1. The first-order chi connectivity index (χ1) is 9.44. The highest BCUT2D eigenvalue weighted by Crippen LogP contribution is 2.38. The Labute approximate surface area is 120 Å². The van der Waals surface area contributed by atoms with Gasteiger partial charge in [0.25, 0.3) is 5.91 Å². The van der Waals surface area contributed by atoms with Gasteiger partial charge in [-0.25, -0.2) is 0 Å². The van der Waals surface area contributed by atoms with Gasteiger partial charge in [-0.2, -0.15) is 18.3 Å². The first kappa shape index (κ1) is 15.8. The third kappa shape index (κ3) is 2.90. The van der Waals surface area contributed by atoms with Crippen LogP contribution in [0, 0.1) is 5.41 Å². The minimum Gasteiger partial charge on any atom is -0.389 e. The number of aromatic amines is 1. The van der Waals surface area contributed by atoms with Crippen molar-refractivity contribution in [2.24, 2.45) is 5.41 Å². The van der Waals surface area contributed by atoms with E-state index in [2.05, 4.69) is 5.10 Å². The summed E-state index contributed by atoms with van der Waals surface area (Å²) in [5, 5.41) is 15.5. The van der Waals surface area contributed by atoms with Gasteiger partial charge in [-0.3, -0.25) is 9.89 Å². The first-order valence-corrected chi connectivity index (χ1v) is 6.58. The van der Waals surface area contributed by atoms with Crippen LogP contribution in [0.2, 0.25) is 0 Å². The first-order valence-electron chi connectivity index (χ1n) is 6.58. The minimum atomic E-state index is -4.56. The van der Waals surface area contributed by atoms with Gasteiger partial charge in [0.15, 0.2) is 5.69 Å². The van der Waals surface area contributed by atoms with Crippen LogP contribution in [0.4, 0.5) is 13.2 Å². The molecule has 21 heavy (non-hydrogen) atoms. The number of hydrogen-bond donors (Lipinski definition) is 2. The topological polar surface area (TPSA) is 69.2 Å². The second kappa shape index (κ2) is 4.72. The van der Waals surface area contributed by atoms with E-state index in [1.54, 1.807) is 6.92 Å². The molecule has 8 heteroatoms. The molecule has 0 bridgehead atoms. The van der Waals surface area contributed by atoms with Gasteiger partial charge in [0, 0.05) is 24.6 Å². The summed E-state index contributed by atoms with van der Waals surface area (Å²) in [5.41, 5.74) is -2.79. The van der Waals surface area contributed by atoms with Gasteiger partial charge in [0.05, 0.1) is 5.60 Å². The molecule has 1 aliphatic rings. The summed E-state index contributed by atoms with van der Waals surface area (Å²) in [6.45, 7) is 5.87. The van der Waals surface area contributed by atoms with E-state index < -0.39 is 28.8 Å². The molecule has 0 spiro atoms. The summed E-state index contributed by atoms with van der Waals surface area (Å²) in [4.78, 5) is 13.7. The van der Waals surface area contributed by atoms with Crippen LogP contribution in [-0.2, 0) is 6.18 Å². The lowest BCUT2D eigenvalue weighted by Gasteiger charge is -2.48. The van der Waals surface area contributed by atoms with E-state index in [1.165, 1.54) is 4.90 Å². The number of rotatable bonds is 1. The van der Waals surface area contributed by atoms with Gasteiger partial charge >= 0.3 is 6.18 Å². The number of hydrogen-bond acceptors (Lipinski definition) is 3. The number of likely N-dealkylation sites (tertiary alicyclic amines) is 1. The van der Waals surface area contributed by atoms with Crippen molar-refractivity contribution in [3.63, 3.8) is 0 Å². The zero-order valence-electron chi connectivity index (χ0n) is 12.1. The van der Waals surface area contributed by atoms with Crippen molar-refractivity contribution in [1.82, 2.24) is 15.1 Å². The molecule has 5 nitrogen and oxygen atoms in total. The average molecular weight is 305 g/mol. The maximum absolute atomic E-state index is 12.5. The fourth-order valence-corrected chi connectivity index (χ4v) is 2.33. The largest absolute Gasteiger partial charge is 0.432 e. The fraction of sp³-hybridized carbons (Fsp3) is 0.692. The van der Waals surface area contributed by atoms with Gasteiger partial charge in [-0.1, -0.05) is 13.8 Å². The molecule has 0 aromatic carbocycles. The predicted molar refractivity (Wildman–Crippen MR) is 68.5 cm³/mol. The van der Waals surface area contributed by atoms with Crippen molar-refractivity contribution < 1.29 is 23.1 Å². The Morgan fingerprint density at radius 3 is 2.52 bits per heavy atom. The number of nitrogens with zero attached hydrogens (tertiary/aromatic N) is 2. The van der Waals surface area contributed by atoms with Crippen LogP contribution in [0.1, 0.15) is 43.4 Å². The molecule has 0 saturated carbocycles. The standard InChI is InChI=1S/C13H18F3N3O2/c1-11(2)7-19(5-4-12(11,3)21)10(20)8-6-9(18-17-8)13(14,15)16/h6,21H,4-5,7H2,1-3H3,(H,17,18)/t12-/m0/s1. The third-order valence-electron chi connectivity index (χ3n) is 4.30. The summed E-state index contributed by atoms with van der Waals surface area (Å²) < 4.78 is 37.5. The quantitative estimate of drug-likeness (QED) is 0.834. The molecule has 0 aliphatic carbocycles. The number of aromatic nitrogens is 2. The average Bonchev–Trinajstić information content (AvgIpc) is 2.81. The van der Waals surface area contributed by atoms with E-state index >= 15 is 0 Å². The Hall–Kier alpha value is -1.57. The lowest BCUT2D eigenvalue weighted by atomic mass is 9.71. The van der Waals surface area contributed by atoms with Crippen molar-refractivity contribution in [3.8, 4) is 0 Å². The van der Waals surface area contributed by atoms with Crippen molar-refractivity contribution in [2.75, 3.05) is 13.1 Å². The number of halogens is 3. The Bertz CT molecular complexity index is 549. The van der Waals surface area contributed by atoms with Crippen LogP contribution < -0.4 is 0 Å². The maximum atomic E-state index is 12.5. The summed E-state index contributed by atoms with van der Waals surface area (Å²) in [7, 11) is 0. The van der Waals surface area contributed by atoms with Crippen LogP contribution in [0.3, 0.4) is 0 Å². The molecule has 118 valence electrons. The fourth-order valence-electron chi connectivity index (χ4n) is 2.33. The molecule has 0 unspecified atom stereocenters. The molecule has 0 radical (unpaired) electrons. The van der Waals surface area contributed by atoms with E-state index in [-0.39, 0.29) is 18.8 Å². The van der Waals surface area contributed by atoms with E-state index in [9.17, 15) is 23.1 Å². The Morgan fingerprint density at radius 1 is 1.43 bits per heavy atom. The second-order valence-electron chi connectivity index (χ2n) is 6.30. The van der Waals surface area contributed by atoms with E-state index in [4.69, 9.17) is 0 Å². The van der Waals surface area contributed by atoms with Gasteiger partial charge in [-0.15, -0.1) is 0 Å². The highest BCUT2D eigenvalue weighted by Gasteiger charge is 2.45. The van der Waals surface area contributed by atoms with E-state index in [0.29, 0.717) is 12.5 Å². The highest BCUT2D eigenvalue weighted by atomic mass is 19.4. The number of amides is 1. The third-order valence-corrected chi connectivity index (χ3v) is 4.30. The highest BCUT2D eigenvalue weighted by molar-refractivity contribution is 5.92. The minimum absolute atomic E-state index is 0.257. The van der Waals surface area contributed by atoms with Crippen LogP contribution in [-0.4, -0.2) is 44.8 Å². The van der Waals surface area contributed by atoms with E-state index in [0.717, 1.165) is 0 Å². The molecule has 1 amide bonds. The molecule has 2 N–H and O–H groups in total. The molecule has 2 heterocycles. The smallest absolute Gasteiger partial charge is 0.389 e. The van der Waals surface area contributed by atoms with Crippen LogP contribution in [0.25, 0.3) is 0 Å². The summed E-state index contributed by atoms with van der Waals surface area (Å²) in [6.07, 6.45) is -4.20. The number of H-pyrrole nitrogens is 1. The zero-order chi connectivity index (χ0) is 16.1. The molecular weight excluding hydrogens is 287 g/mol. The number of nitrogens with one attached hydrogen (secondary N) is 1. The normalized spacial score (nSPS) is 26.0. The summed E-state index contributed by atoms with van der Waals surface area (Å²) >= 11 is 0. The van der Waals surface area contributed by atoms with Crippen molar-refractivity contribution in [3.05, 3.63) is 17.5 Å². The summed E-state index contributed by atoms with van der Waals surface area (Å²) in [6, 6.07) is 0.710. The molecule has 1 aromatic heterocycles. The molecular formula is C13H18F3N3O2. The van der Waals surface area contributed by atoms with E-state index in [1.807, 2.05) is 18.9 Å². The van der Waals surface area contributed by atoms with Crippen molar-refractivity contribution >= 4 is 5.91 Å². The van der Waals surface area contributed by atoms with Crippen molar-refractivity contribution in [2.45, 2.75) is 39.0 Å². The van der Waals surface area contributed by atoms with Gasteiger partial charge < -0.3 is 10.0 Å². The lowest BCUT2D eigenvalue weighted by Crippen LogP contribution is -2.57. The van der Waals surface area contributed by atoms with Gasteiger partial charge in [0.2, 0.25) is 0 Å². The number of carbonyl (C=O) groups is 1. The molecule has 2 rings (SSSR count). The molecule has 1 fully saturated rings. The lowest BCUT2D eigenvalue weighted by molar-refractivity contribution is -0.141. The number of piperidine rings is 1. The Morgan fingerprint density at radius 2 is 2.05 bits per heavy atom. The molecule has 1 aliphatic heterocycles. The summed E-state index contributed by atoms with van der Waals surface area (Å²) in [5.74, 6) is -0.565. The molecule has 1 saturated heterocycles. The van der Waals surface area contributed by atoms with Crippen LogP contribution >= 0.6 is 0 Å². The van der Waals surface area contributed by atoms with Crippen molar-refractivity contribution in [1.29, 1.82) is 0 Å². The monoisotopic (exact) mass is 305 g/mol. The molecule has 1 atom stereocenters. The van der Waals surface area contributed by atoms with Crippen LogP contribution in [0.5, 0.6) is 0 Å². The SMILES string of the molecule is CC1(C)CN(C(=O)c2cc(C(F)(F)F)[nH]n2)CC[C@]1(C)O. The maximum Gasteiger partial charge on any atom is 0.432 e. The molecule has 1 aromatic rings. The van der Waals surface area contributed by atoms with Gasteiger partial charge in [0.1, 0.15) is 5.69 Å². The van der Waals surface area contributed by atoms with Gasteiger partial charge in [-0.05, 0) is 13.3 Å². The Balaban J connectivity index is 2.17. The second-order valence-corrected chi connectivity index (χ2v) is 6.30. The zero-order valence-corrected chi connectivity index (χ0v) is 12.1. The number of alkyl halides is 3. The predicted octanol–water partition coefficient (Wildman–Crippen LogP) is 2.05.